The Labute approximate surface area is 119 Å². The van der Waals surface area contributed by atoms with E-state index in [2.05, 4.69) is 10.3 Å². The van der Waals surface area contributed by atoms with Crippen LogP contribution in [0.5, 0.6) is 11.5 Å². The Morgan fingerprint density at radius 3 is 3.05 bits per heavy atom. The maximum absolute atomic E-state index is 11.0. The Morgan fingerprint density at radius 1 is 1.40 bits per heavy atom. The van der Waals surface area contributed by atoms with E-state index < -0.39 is 6.10 Å². The van der Waals surface area contributed by atoms with Crippen LogP contribution in [0.1, 0.15) is 17.4 Å². The number of nitrogens with one attached hydrogen (secondary N) is 2. The molecular formula is C13H14N2O4S. The van der Waals surface area contributed by atoms with Gasteiger partial charge in [0.2, 0.25) is 6.79 Å². The zero-order valence-corrected chi connectivity index (χ0v) is 11.4. The first-order valence-corrected chi connectivity index (χ1v) is 7.05. The molecule has 3 rings (SSSR count). The minimum Gasteiger partial charge on any atom is -0.454 e. The molecule has 1 aromatic heterocycles. The molecule has 0 amide bonds. The van der Waals surface area contributed by atoms with Gasteiger partial charge in [0, 0.05) is 24.2 Å². The minimum absolute atomic E-state index is 0.0712. The molecule has 0 bridgehead atoms. The molecule has 1 aromatic carbocycles. The van der Waals surface area contributed by atoms with Crippen LogP contribution in [0.15, 0.2) is 28.4 Å². The van der Waals surface area contributed by atoms with Crippen LogP contribution in [0, 0.1) is 0 Å². The maximum atomic E-state index is 11.0. The summed E-state index contributed by atoms with van der Waals surface area (Å²) in [5.74, 6) is 1.36. The number of thiazole rings is 1. The molecule has 2 heterocycles. The number of hydrogen-bond acceptors (Lipinski definition) is 6. The fraction of sp³-hybridized carbons (Fsp3) is 0.308. The number of fused-ring (bicyclic) bond motifs is 1. The molecule has 2 aromatic rings. The van der Waals surface area contributed by atoms with Gasteiger partial charge in [-0.15, -0.1) is 0 Å². The SMILES string of the molecule is O=c1[nH]c(CNCC(O)c2ccc3c(c2)OCO3)cs1. The normalized spacial score (nSPS) is 14.4. The van der Waals surface area contributed by atoms with Gasteiger partial charge in [-0.25, -0.2) is 0 Å². The lowest BCUT2D eigenvalue weighted by Crippen LogP contribution is -2.21. The second kappa shape index (κ2) is 5.66. The first-order chi connectivity index (χ1) is 9.72. The summed E-state index contributed by atoms with van der Waals surface area (Å²) < 4.78 is 10.5. The van der Waals surface area contributed by atoms with E-state index in [1.807, 2.05) is 6.07 Å². The average molecular weight is 294 g/mol. The summed E-state index contributed by atoms with van der Waals surface area (Å²) in [4.78, 5) is 13.6. The fourth-order valence-corrected chi connectivity index (χ4v) is 2.56. The second-order valence-electron chi connectivity index (χ2n) is 4.43. The first-order valence-electron chi connectivity index (χ1n) is 6.17. The van der Waals surface area contributed by atoms with Gasteiger partial charge in [0.15, 0.2) is 11.5 Å². The predicted molar refractivity (Wildman–Crippen MR) is 74.2 cm³/mol. The van der Waals surface area contributed by atoms with Crippen molar-refractivity contribution in [3.63, 3.8) is 0 Å². The Balaban J connectivity index is 1.56. The summed E-state index contributed by atoms with van der Waals surface area (Å²) >= 11 is 1.13. The van der Waals surface area contributed by atoms with E-state index in [-0.39, 0.29) is 11.7 Å². The summed E-state index contributed by atoms with van der Waals surface area (Å²) in [5.41, 5.74) is 1.58. The molecule has 0 radical (unpaired) electrons. The van der Waals surface area contributed by atoms with Crippen molar-refractivity contribution in [2.75, 3.05) is 13.3 Å². The average Bonchev–Trinajstić information content (AvgIpc) is 3.06. The lowest BCUT2D eigenvalue weighted by molar-refractivity contribution is 0.170. The van der Waals surface area contributed by atoms with Gasteiger partial charge in [0.25, 0.3) is 0 Å². The van der Waals surface area contributed by atoms with E-state index in [4.69, 9.17) is 9.47 Å². The number of rotatable bonds is 5. The first kappa shape index (κ1) is 13.2. The van der Waals surface area contributed by atoms with Crippen molar-refractivity contribution in [2.24, 2.45) is 0 Å². The Morgan fingerprint density at radius 2 is 2.25 bits per heavy atom. The summed E-state index contributed by atoms with van der Waals surface area (Å²) in [6, 6.07) is 5.38. The van der Waals surface area contributed by atoms with Crippen LogP contribution in [0.4, 0.5) is 0 Å². The summed E-state index contributed by atoms with van der Waals surface area (Å²) in [6.45, 7) is 1.12. The molecule has 6 nitrogen and oxygen atoms in total. The number of aliphatic hydroxyl groups excluding tert-OH is 1. The highest BCUT2D eigenvalue weighted by Gasteiger charge is 2.16. The third-order valence-corrected chi connectivity index (χ3v) is 3.72. The van der Waals surface area contributed by atoms with Crippen LogP contribution in [0.2, 0.25) is 0 Å². The third-order valence-electron chi connectivity index (χ3n) is 3.01. The van der Waals surface area contributed by atoms with Gasteiger partial charge < -0.3 is 24.9 Å². The lowest BCUT2D eigenvalue weighted by atomic mass is 10.1. The highest BCUT2D eigenvalue weighted by molar-refractivity contribution is 7.07. The minimum atomic E-state index is -0.644. The number of aromatic nitrogens is 1. The van der Waals surface area contributed by atoms with Gasteiger partial charge in [0.1, 0.15) is 0 Å². The van der Waals surface area contributed by atoms with Gasteiger partial charge >= 0.3 is 4.87 Å². The third kappa shape index (κ3) is 2.84. The molecule has 1 aliphatic heterocycles. The van der Waals surface area contributed by atoms with E-state index in [0.717, 1.165) is 22.6 Å². The highest BCUT2D eigenvalue weighted by Crippen LogP contribution is 2.34. The highest BCUT2D eigenvalue weighted by atomic mass is 32.1. The van der Waals surface area contributed by atoms with E-state index in [1.54, 1.807) is 17.5 Å². The van der Waals surface area contributed by atoms with Crippen LogP contribution < -0.4 is 19.7 Å². The monoisotopic (exact) mass is 294 g/mol. The number of aromatic amines is 1. The molecule has 0 aliphatic carbocycles. The number of benzene rings is 1. The van der Waals surface area contributed by atoms with Crippen molar-refractivity contribution in [1.29, 1.82) is 0 Å². The Kier molecular flexibility index (Phi) is 3.72. The van der Waals surface area contributed by atoms with Crippen molar-refractivity contribution >= 4 is 11.3 Å². The lowest BCUT2D eigenvalue weighted by Gasteiger charge is -2.12. The molecular weight excluding hydrogens is 280 g/mol. The number of H-pyrrole nitrogens is 1. The van der Waals surface area contributed by atoms with Crippen molar-refractivity contribution < 1.29 is 14.6 Å². The van der Waals surface area contributed by atoms with Gasteiger partial charge in [-0.1, -0.05) is 17.4 Å². The van der Waals surface area contributed by atoms with Crippen LogP contribution >= 0.6 is 11.3 Å². The van der Waals surface area contributed by atoms with Gasteiger partial charge in [-0.3, -0.25) is 4.79 Å². The van der Waals surface area contributed by atoms with Crippen molar-refractivity contribution in [2.45, 2.75) is 12.6 Å². The molecule has 1 atom stereocenters. The van der Waals surface area contributed by atoms with Gasteiger partial charge in [0.05, 0.1) is 6.10 Å². The molecule has 0 spiro atoms. The van der Waals surface area contributed by atoms with E-state index in [0.29, 0.717) is 24.6 Å². The van der Waals surface area contributed by atoms with Gasteiger partial charge in [-0.2, -0.15) is 0 Å². The quantitative estimate of drug-likeness (QED) is 0.766. The second-order valence-corrected chi connectivity index (χ2v) is 5.27. The predicted octanol–water partition coefficient (Wildman–Crippen LogP) is 0.988. The van der Waals surface area contributed by atoms with Crippen LogP contribution in [-0.2, 0) is 6.54 Å². The van der Waals surface area contributed by atoms with Crippen LogP contribution in [-0.4, -0.2) is 23.4 Å². The topological polar surface area (TPSA) is 83.6 Å². The molecule has 7 heteroatoms. The fourth-order valence-electron chi connectivity index (χ4n) is 1.98. The van der Waals surface area contributed by atoms with Crippen molar-refractivity contribution in [3.05, 3.63) is 44.5 Å². The zero-order chi connectivity index (χ0) is 13.9. The molecule has 0 saturated heterocycles. The molecule has 0 fully saturated rings. The maximum Gasteiger partial charge on any atom is 0.304 e. The van der Waals surface area contributed by atoms with Crippen molar-refractivity contribution in [3.8, 4) is 11.5 Å². The van der Waals surface area contributed by atoms with E-state index in [9.17, 15) is 9.90 Å². The summed E-state index contributed by atoms with van der Waals surface area (Å²) in [6.07, 6.45) is -0.644. The van der Waals surface area contributed by atoms with Crippen LogP contribution in [0.3, 0.4) is 0 Å². The van der Waals surface area contributed by atoms with Gasteiger partial charge in [-0.05, 0) is 17.7 Å². The largest absolute Gasteiger partial charge is 0.454 e. The number of ether oxygens (including phenoxy) is 2. The molecule has 0 saturated carbocycles. The Hall–Kier alpha value is -1.83. The van der Waals surface area contributed by atoms with Crippen molar-refractivity contribution in [1.82, 2.24) is 10.3 Å². The smallest absolute Gasteiger partial charge is 0.304 e. The summed E-state index contributed by atoms with van der Waals surface area (Å²) in [5, 5.41) is 15.0. The zero-order valence-electron chi connectivity index (χ0n) is 10.6. The van der Waals surface area contributed by atoms with E-state index in [1.165, 1.54) is 0 Å². The molecule has 1 aliphatic rings. The molecule has 20 heavy (non-hydrogen) atoms. The molecule has 106 valence electrons. The molecule has 3 N–H and O–H groups in total. The standard InChI is InChI=1S/C13H14N2O4S/c16-10(5-14-4-9-6-20-13(17)15-9)8-1-2-11-12(3-8)19-7-18-11/h1-3,6,10,14,16H,4-5,7H2,(H,15,17). The number of hydrogen-bond donors (Lipinski definition) is 3. The molecule has 1 unspecified atom stereocenters. The van der Waals surface area contributed by atoms with Crippen LogP contribution in [0.25, 0.3) is 0 Å². The summed E-state index contributed by atoms with van der Waals surface area (Å²) in [7, 11) is 0. The van der Waals surface area contributed by atoms with E-state index >= 15 is 0 Å². The Bertz CT molecular complexity index is 652. The number of aliphatic hydroxyl groups is 1.